The number of hydrogen-bond acceptors (Lipinski definition) is 39. The predicted octanol–water partition coefficient (Wildman–Crippen LogP) is -15.8. The number of hydrogen-bond donors (Lipinski definition) is 24. The van der Waals surface area contributed by atoms with Gasteiger partial charge in [-0.15, -0.1) is 0 Å². The Labute approximate surface area is 562 Å². The van der Waals surface area contributed by atoms with Crippen LogP contribution in [0.1, 0.15) is 41.5 Å². The maximum Gasteiger partial charge on any atom is 0.217 e. The van der Waals surface area contributed by atoms with E-state index in [9.17, 15) is 121 Å². The van der Waals surface area contributed by atoms with Crippen molar-refractivity contribution in [2.24, 2.45) is 0 Å². The topological polar surface area (TPSA) is 659 Å². The Morgan fingerprint density at radius 3 is 1.17 bits per heavy atom. The number of amides is 4. The lowest BCUT2D eigenvalue weighted by atomic mass is 9.93. The quantitative estimate of drug-likeness (QED) is 0.0427. The fourth-order valence-electron chi connectivity index (χ4n) is 12.9. The van der Waals surface area contributed by atoms with Crippen molar-refractivity contribution in [2.75, 3.05) is 39.6 Å². The third-order valence-corrected chi connectivity index (χ3v) is 18.2. The van der Waals surface area contributed by atoms with Crippen LogP contribution in [-0.2, 0) is 90.2 Å². The van der Waals surface area contributed by atoms with Gasteiger partial charge in [-0.1, -0.05) is 0 Å². The highest BCUT2D eigenvalue weighted by Gasteiger charge is 2.60. The second-order valence-corrected chi connectivity index (χ2v) is 25.3. The van der Waals surface area contributed by atoms with Gasteiger partial charge in [0.1, 0.15) is 183 Å². The fraction of sp³-hybridized carbons (Fsp3) is 0.929. The average molecular weight is 1450 g/mol. The number of aliphatic hydroxyl groups excluding tert-OH is 20. The molecule has 0 bridgehead atoms. The lowest BCUT2D eigenvalue weighted by molar-refractivity contribution is -0.400. The van der Waals surface area contributed by atoms with Gasteiger partial charge in [-0.3, -0.25) is 19.2 Å². The summed E-state index contributed by atoms with van der Waals surface area (Å²) in [6.07, 6.45) is -69.4. The number of ether oxygens (including phenoxy) is 15. The molecule has 0 aromatic heterocycles. The second-order valence-electron chi connectivity index (χ2n) is 25.3. The van der Waals surface area contributed by atoms with Gasteiger partial charge in [0.05, 0.1) is 51.8 Å². The average Bonchev–Trinajstić information content (AvgIpc) is 0.772. The van der Waals surface area contributed by atoms with E-state index in [1.807, 2.05) is 0 Å². The Kier molecular flexibility index (Phi) is 28.7. The van der Waals surface area contributed by atoms with Crippen LogP contribution in [0.25, 0.3) is 0 Å². The molecule has 43 heteroatoms. The summed E-state index contributed by atoms with van der Waals surface area (Å²) in [6, 6.07) is -7.01. The molecule has 8 rings (SSSR count). The Morgan fingerprint density at radius 2 is 0.646 bits per heavy atom. The van der Waals surface area contributed by atoms with Crippen molar-refractivity contribution in [2.45, 2.75) is 287 Å². The molecule has 8 heterocycles. The van der Waals surface area contributed by atoms with Crippen LogP contribution in [0.3, 0.4) is 0 Å². The molecule has 0 aromatic rings. The van der Waals surface area contributed by atoms with E-state index in [-0.39, 0.29) is 0 Å². The normalized spacial score (nSPS) is 49.1. The van der Waals surface area contributed by atoms with E-state index in [1.54, 1.807) is 0 Å². The minimum absolute atomic E-state index is 0.758. The molecule has 43 nitrogen and oxygen atoms in total. The van der Waals surface area contributed by atoms with Crippen LogP contribution in [0.4, 0.5) is 0 Å². The Hall–Kier alpha value is -3.52. The van der Waals surface area contributed by atoms with Gasteiger partial charge in [-0.25, -0.2) is 0 Å². The van der Waals surface area contributed by atoms with Gasteiger partial charge in [-0.05, 0) is 13.8 Å². The lowest BCUT2D eigenvalue weighted by Crippen LogP contribution is -2.72. The van der Waals surface area contributed by atoms with E-state index in [1.165, 1.54) is 13.8 Å². The molecular weight excluding hydrogens is 1350 g/mol. The molecule has 8 saturated heterocycles. The molecule has 572 valence electrons. The zero-order valence-electron chi connectivity index (χ0n) is 54.0. The first kappa shape index (κ1) is 81.2. The molecule has 0 aromatic carbocycles. The van der Waals surface area contributed by atoms with Crippen LogP contribution in [0.2, 0.25) is 0 Å². The predicted molar refractivity (Wildman–Crippen MR) is 308 cm³/mol. The largest absolute Gasteiger partial charge is 0.394 e. The number of nitrogens with one attached hydrogen (secondary N) is 4. The molecule has 1 unspecified atom stereocenters. The molecule has 0 aliphatic carbocycles. The zero-order valence-corrected chi connectivity index (χ0v) is 54.0. The molecule has 8 aliphatic rings. The molecule has 8 aliphatic heterocycles. The van der Waals surface area contributed by atoms with Crippen molar-refractivity contribution in [1.82, 2.24) is 21.3 Å². The summed E-state index contributed by atoms with van der Waals surface area (Å²) in [4.78, 5) is 50.9. The van der Waals surface area contributed by atoms with E-state index >= 15 is 0 Å². The summed E-state index contributed by atoms with van der Waals surface area (Å²) >= 11 is 0. The second kappa shape index (κ2) is 35.0. The molecular formula is C56H94N4O39. The number of aliphatic hydroxyl groups is 20. The van der Waals surface area contributed by atoms with Crippen molar-refractivity contribution in [1.29, 1.82) is 0 Å². The summed E-state index contributed by atoms with van der Waals surface area (Å²) in [6.45, 7) is 0.401. The van der Waals surface area contributed by atoms with Gasteiger partial charge in [0, 0.05) is 27.7 Å². The first-order valence-electron chi connectivity index (χ1n) is 31.8. The summed E-state index contributed by atoms with van der Waals surface area (Å²) in [5, 5.41) is 231. The van der Waals surface area contributed by atoms with Gasteiger partial charge in [0.25, 0.3) is 0 Å². The zero-order chi connectivity index (χ0) is 73.1. The Bertz CT molecular complexity index is 2600. The minimum atomic E-state index is -2.37. The van der Waals surface area contributed by atoms with E-state index in [0.29, 0.717) is 0 Å². The molecule has 24 N–H and O–H groups in total. The van der Waals surface area contributed by atoms with Gasteiger partial charge in [0.15, 0.2) is 50.3 Å². The van der Waals surface area contributed by atoms with Gasteiger partial charge in [0.2, 0.25) is 23.6 Å². The number of carbonyl (C=O) groups is 4. The Balaban J connectivity index is 1.06. The highest BCUT2D eigenvalue weighted by molar-refractivity contribution is 5.74. The molecule has 40 atom stereocenters. The first-order chi connectivity index (χ1) is 46.7. The van der Waals surface area contributed by atoms with Crippen LogP contribution in [0.15, 0.2) is 0 Å². The minimum Gasteiger partial charge on any atom is -0.394 e. The van der Waals surface area contributed by atoms with E-state index in [2.05, 4.69) is 21.3 Å². The molecule has 0 radical (unpaired) electrons. The van der Waals surface area contributed by atoms with E-state index in [4.69, 9.17) is 71.1 Å². The van der Waals surface area contributed by atoms with Crippen LogP contribution in [-0.4, -0.2) is 411 Å². The van der Waals surface area contributed by atoms with Crippen molar-refractivity contribution in [3.63, 3.8) is 0 Å². The maximum absolute atomic E-state index is 13.4. The first-order valence-corrected chi connectivity index (χ1v) is 31.8. The smallest absolute Gasteiger partial charge is 0.217 e. The lowest BCUT2D eigenvalue weighted by Gasteiger charge is -2.52. The highest BCUT2D eigenvalue weighted by Crippen LogP contribution is 2.39. The molecule has 0 saturated carbocycles. The molecule has 4 amide bonds. The van der Waals surface area contributed by atoms with Crippen LogP contribution in [0.5, 0.6) is 0 Å². The van der Waals surface area contributed by atoms with Crippen LogP contribution >= 0.6 is 0 Å². The maximum atomic E-state index is 13.4. The fourth-order valence-corrected chi connectivity index (χ4v) is 12.9. The monoisotopic (exact) mass is 1450 g/mol. The van der Waals surface area contributed by atoms with Crippen molar-refractivity contribution in [3.05, 3.63) is 0 Å². The van der Waals surface area contributed by atoms with E-state index < -0.39 is 309 Å². The third kappa shape index (κ3) is 18.1. The van der Waals surface area contributed by atoms with Crippen molar-refractivity contribution in [3.8, 4) is 0 Å². The van der Waals surface area contributed by atoms with Crippen molar-refractivity contribution >= 4 is 23.6 Å². The standard InChI is InChI=1S/C56H94N4O39/c1-13-29(70)37(78)40(81)53(86-13)95-44-23(11-65)93-52(28(60-18(6)69)46(44)97-56-48(39(80)32(73)20(8-62)91-56)99-54-41(82)38(79)30(71)14(2)87-54)98-47-33(74)21(9-63)90-55(42(47)83)94-43-22(10-64)92-50(26(36(43)77)58-16(4)67)85-12-24-34(75)45(27(49(84)88-24)59-17(5)68)96-51-25(57-15(3)66)35(76)31(72)19(7-61)89-51/h13-14,19-56,61-65,70-84H,7-12H2,1-6H3,(H,57,66)(H,58,67)(H,59,68)(H,60,69)/t13-,14-,19+,20+,21+,22+,23+,24+,25+,26+,27+,28-,29+,30+,31+,32-,33-,34-,35+,36+,37+,38+,39-,40-,41-,42+,43+,44+,45+,46+,47-,48+,49?,50+,51-,52-,53-,54-,55-,56-/m0/s1. The number of rotatable bonds is 24. The Morgan fingerprint density at radius 1 is 0.283 bits per heavy atom. The van der Waals surface area contributed by atoms with Crippen LogP contribution in [0, 0.1) is 0 Å². The SMILES string of the molecule is CC(=O)N[C@@H]1[C@H](O[C@H]2[C@@H](O)[C@@H](CO)O[C@@H](O[C@H]3[C@H](O)[C@@H](NC(C)=O)[C@H](OC[C@H]4OC(O)[C@H](NC(C)=O)[C@@H](O[C@@H]5O[C@H](CO)[C@@H](O)[C@H](O)[C@H]5NC(C)=O)[C@H]4O)O[C@@H]3CO)[C@@H]2O)O[C@H](CO)[C@@H](O[C@@H]2O[C@@H](C)[C@@H](O)[C@@H](O)[C@@H]2O)[C@@H]1O[C@@H]1O[C@H](CO)[C@H](O)[C@H](O)[C@H]1O[C@@H]1O[C@@H](C)[C@@H](O)[C@@H](O)[C@@H]1O. The van der Waals surface area contributed by atoms with Gasteiger partial charge < -0.3 is 194 Å². The molecule has 8 fully saturated rings. The summed E-state index contributed by atoms with van der Waals surface area (Å²) < 4.78 is 89.3. The van der Waals surface area contributed by atoms with Crippen LogP contribution < -0.4 is 21.3 Å². The molecule has 99 heavy (non-hydrogen) atoms. The van der Waals surface area contributed by atoms with E-state index in [0.717, 1.165) is 27.7 Å². The van der Waals surface area contributed by atoms with Gasteiger partial charge in [-0.2, -0.15) is 0 Å². The number of carbonyl (C=O) groups excluding carboxylic acids is 4. The summed E-state index contributed by atoms with van der Waals surface area (Å²) in [7, 11) is 0. The van der Waals surface area contributed by atoms with Crippen molar-refractivity contribution < 1.29 is 192 Å². The summed E-state index contributed by atoms with van der Waals surface area (Å²) in [5.74, 6) is -3.38. The van der Waals surface area contributed by atoms with Gasteiger partial charge >= 0.3 is 0 Å². The summed E-state index contributed by atoms with van der Waals surface area (Å²) in [5.41, 5.74) is 0. The third-order valence-electron chi connectivity index (χ3n) is 18.2. The highest BCUT2D eigenvalue weighted by atomic mass is 16.8. The molecule has 0 spiro atoms.